The van der Waals surface area contributed by atoms with Gasteiger partial charge in [0.25, 0.3) is 0 Å². The summed E-state index contributed by atoms with van der Waals surface area (Å²) in [5.74, 6) is 0.741. The Kier molecular flexibility index (Phi) is 3.12. The highest BCUT2D eigenvalue weighted by Crippen LogP contribution is 2.20. The van der Waals surface area contributed by atoms with Gasteiger partial charge in [0.1, 0.15) is 17.3 Å². The van der Waals surface area contributed by atoms with Gasteiger partial charge in [0.15, 0.2) is 5.43 Å². The Bertz CT molecular complexity index is 455. The molecule has 0 N–H and O–H groups in total. The zero-order valence-corrected chi connectivity index (χ0v) is 9.80. The molecule has 3 nitrogen and oxygen atoms in total. The van der Waals surface area contributed by atoms with E-state index in [0.717, 1.165) is 0 Å². The molecule has 1 aromatic rings. The Morgan fingerprint density at radius 1 is 1.20 bits per heavy atom. The predicted octanol–water partition coefficient (Wildman–Crippen LogP) is 2.26. The van der Waals surface area contributed by atoms with Gasteiger partial charge in [-0.1, -0.05) is 0 Å². The maximum Gasteiger partial charge on any atom is 0.191 e. The van der Waals surface area contributed by atoms with E-state index < -0.39 is 0 Å². The number of aryl methyl sites for hydroxylation is 1. The molecule has 0 fully saturated rings. The summed E-state index contributed by atoms with van der Waals surface area (Å²) in [4.78, 5) is 23.0. The van der Waals surface area contributed by atoms with Crippen LogP contribution in [0.25, 0.3) is 0 Å². The first-order valence-electron chi connectivity index (χ1n) is 4.97. The van der Waals surface area contributed by atoms with Crippen molar-refractivity contribution < 1.29 is 9.21 Å². The van der Waals surface area contributed by atoms with Crippen molar-refractivity contribution in [2.75, 3.05) is 0 Å². The van der Waals surface area contributed by atoms with Gasteiger partial charge in [0.2, 0.25) is 0 Å². The summed E-state index contributed by atoms with van der Waals surface area (Å²) in [6.45, 7) is 8.43. The molecule has 0 aromatic carbocycles. The van der Waals surface area contributed by atoms with Crippen LogP contribution in [0.4, 0.5) is 0 Å². The van der Waals surface area contributed by atoms with E-state index >= 15 is 0 Å². The quantitative estimate of drug-likeness (QED) is 0.749. The molecular weight excluding hydrogens is 192 g/mol. The topological polar surface area (TPSA) is 47.3 Å². The second kappa shape index (κ2) is 4.01. The molecule has 0 aliphatic carbocycles. The molecule has 1 atom stereocenters. The third-order valence-electron chi connectivity index (χ3n) is 2.85. The predicted molar refractivity (Wildman–Crippen MR) is 58.3 cm³/mol. The van der Waals surface area contributed by atoms with Gasteiger partial charge in [-0.3, -0.25) is 9.59 Å². The highest BCUT2D eigenvalue weighted by atomic mass is 16.3. The highest BCUT2D eigenvalue weighted by Gasteiger charge is 2.19. The molecular formula is C12H16O3. The number of carbonyl (C=O) groups excluding carboxylic acids is 1. The molecule has 0 saturated carbocycles. The van der Waals surface area contributed by atoms with E-state index in [1.807, 2.05) is 0 Å². The number of rotatable bonds is 2. The van der Waals surface area contributed by atoms with Crippen LogP contribution < -0.4 is 5.43 Å². The van der Waals surface area contributed by atoms with Crippen molar-refractivity contribution in [2.45, 2.75) is 40.5 Å². The van der Waals surface area contributed by atoms with E-state index in [2.05, 4.69) is 0 Å². The molecule has 0 aliphatic heterocycles. The minimum absolute atomic E-state index is 0.00417. The van der Waals surface area contributed by atoms with Gasteiger partial charge < -0.3 is 4.42 Å². The SMILES string of the molecule is CC(=O)C(C)c1oc(C)c(C)c(=O)c1C. The fourth-order valence-electron chi connectivity index (χ4n) is 1.47. The lowest BCUT2D eigenvalue weighted by molar-refractivity contribution is -0.118. The lowest BCUT2D eigenvalue weighted by atomic mass is 9.99. The molecule has 1 heterocycles. The van der Waals surface area contributed by atoms with E-state index in [0.29, 0.717) is 22.6 Å². The maximum atomic E-state index is 11.8. The van der Waals surface area contributed by atoms with Crippen LogP contribution in [-0.2, 0) is 4.79 Å². The monoisotopic (exact) mass is 208 g/mol. The largest absolute Gasteiger partial charge is 0.465 e. The zero-order valence-electron chi connectivity index (χ0n) is 9.80. The standard InChI is InChI=1S/C12H16O3/c1-6(9(4)13)12-8(3)11(14)7(2)10(5)15-12/h6H,1-5H3. The molecule has 3 heteroatoms. The zero-order chi connectivity index (χ0) is 11.7. The molecule has 1 unspecified atom stereocenters. The van der Waals surface area contributed by atoms with Crippen LogP contribution >= 0.6 is 0 Å². The van der Waals surface area contributed by atoms with E-state index in [9.17, 15) is 9.59 Å². The van der Waals surface area contributed by atoms with Crippen LogP contribution in [0.1, 0.15) is 42.4 Å². The first-order chi connectivity index (χ1) is 6.86. The second-order valence-corrected chi connectivity index (χ2v) is 3.93. The first kappa shape index (κ1) is 11.7. The average Bonchev–Trinajstić information content (AvgIpc) is 2.19. The van der Waals surface area contributed by atoms with Crippen molar-refractivity contribution in [3.05, 3.63) is 32.9 Å². The summed E-state index contributed by atoms with van der Waals surface area (Å²) in [5, 5.41) is 0. The van der Waals surface area contributed by atoms with Gasteiger partial charge in [-0.25, -0.2) is 0 Å². The minimum atomic E-state index is -0.350. The Morgan fingerprint density at radius 3 is 2.20 bits per heavy atom. The third-order valence-corrected chi connectivity index (χ3v) is 2.85. The molecule has 1 aromatic heterocycles. The van der Waals surface area contributed by atoms with Gasteiger partial charge in [0.05, 0.1) is 5.92 Å². The molecule has 0 aliphatic rings. The fraction of sp³-hybridized carbons (Fsp3) is 0.500. The van der Waals surface area contributed by atoms with Crippen molar-refractivity contribution in [2.24, 2.45) is 0 Å². The average molecular weight is 208 g/mol. The van der Waals surface area contributed by atoms with Crippen LogP contribution in [0.15, 0.2) is 9.21 Å². The molecule has 15 heavy (non-hydrogen) atoms. The van der Waals surface area contributed by atoms with Gasteiger partial charge in [-0.2, -0.15) is 0 Å². The number of carbonyl (C=O) groups is 1. The molecule has 82 valence electrons. The number of Topliss-reactive ketones (excluding diaryl/α,β-unsaturated/α-hetero) is 1. The maximum absolute atomic E-state index is 11.8. The summed E-state index contributed by atoms with van der Waals surface area (Å²) in [6.07, 6.45) is 0. The van der Waals surface area contributed by atoms with Gasteiger partial charge in [0, 0.05) is 11.1 Å². The Labute approximate surface area is 89.1 Å². The van der Waals surface area contributed by atoms with Crippen molar-refractivity contribution in [3.63, 3.8) is 0 Å². The number of hydrogen-bond acceptors (Lipinski definition) is 3. The number of hydrogen-bond donors (Lipinski definition) is 0. The van der Waals surface area contributed by atoms with Crippen molar-refractivity contribution >= 4 is 5.78 Å². The lowest BCUT2D eigenvalue weighted by Gasteiger charge is -2.11. The van der Waals surface area contributed by atoms with Gasteiger partial charge >= 0.3 is 0 Å². The smallest absolute Gasteiger partial charge is 0.191 e. The van der Waals surface area contributed by atoms with Crippen LogP contribution in [0, 0.1) is 20.8 Å². The van der Waals surface area contributed by atoms with E-state index in [-0.39, 0.29) is 17.1 Å². The Balaban J connectivity index is 3.45. The van der Waals surface area contributed by atoms with Crippen molar-refractivity contribution in [1.29, 1.82) is 0 Å². The molecule has 1 rings (SSSR count). The molecule has 0 bridgehead atoms. The van der Waals surface area contributed by atoms with Gasteiger partial charge in [-0.05, 0) is 34.6 Å². The molecule has 0 saturated heterocycles. The summed E-state index contributed by atoms with van der Waals surface area (Å²) >= 11 is 0. The normalized spacial score (nSPS) is 12.6. The number of ketones is 1. The van der Waals surface area contributed by atoms with Crippen LogP contribution in [0.3, 0.4) is 0 Å². The molecule has 0 radical (unpaired) electrons. The van der Waals surface area contributed by atoms with E-state index in [4.69, 9.17) is 4.42 Å². The Morgan fingerprint density at radius 2 is 1.73 bits per heavy atom. The summed E-state index contributed by atoms with van der Waals surface area (Å²) in [5.41, 5.74) is 1.13. The second-order valence-electron chi connectivity index (χ2n) is 3.93. The first-order valence-corrected chi connectivity index (χ1v) is 4.97. The molecule has 0 amide bonds. The molecule has 0 spiro atoms. The summed E-state index contributed by atoms with van der Waals surface area (Å²) in [7, 11) is 0. The fourth-order valence-corrected chi connectivity index (χ4v) is 1.47. The van der Waals surface area contributed by atoms with Crippen molar-refractivity contribution in [3.8, 4) is 0 Å². The Hall–Kier alpha value is -1.38. The highest BCUT2D eigenvalue weighted by molar-refractivity contribution is 5.82. The van der Waals surface area contributed by atoms with Crippen LogP contribution in [0.5, 0.6) is 0 Å². The summed E-state index contributed by atoms with van der Waals surface area (Å²) in [6, 6.07) is 0. The van der Waals surface area contributed by atoms with Crippen molar-refractivity contribution in [1.82, 2.24) is 0 Å². The minimum Gasteiger partial charge on any atom is -0.465 e. The lowest BCUT2D eigenvalue weighted by Crippen LogP contribution is -2.17. The third kappa shape index (κ3) is 2.01. The van der Waals surface area contributed by atoms with Crippen LogP contribution in [0.2, 0.25) is 0 Å². The van der Waals surface area contributed by atoms with E-state index in [1.165, 1.54) is 6.92 Å². The van der Waals surface area contributed by atoms with E-state index in [1.54, 1.807) is 27.7 Å². The summed E-state index contributed by atoms with van der Waals surface area (Å²) < 4.78 is 5.52. The van der Waals surface area contributed by atoms with Crippen LogP contribution in [-0.4, -0.2) is 5.78 Å². The van der Waals surface area contributed by atoms with Gasteiger partial charge in [-0.15, -0.1) is 0 Å².